The van der Waals surface area contributed by atoms with Crippen molar-refractivity contribution in [2.24, 2.45) is 0 Å². The fourth-order valence-corrected chi connectivity index (χ4v) is 3.40. The van der Waals surface area contributed by atoms with E-state index in [-0.39, 0.29) is 0 Å². The summed E-state index contributed by atoms with van der Waals surface area (Å²) in [4.78, 5) is 1.40. The number of hydrogen-bond acceptors (Lipinski definition) is 2. The molecule has 0 saturated carbocycles. The molecule has 102 valence electrons. The van der Waals surface area contributed by atoms with Gasteiger partial charge in [0.05, 0.1) is 0 Å². The molecule has 0 saturated heterocycles. The topological polar surface area (TPSA) is 12.0 Å². The summed E-state index contributed by atoms with van der Waals surface area (Å²) >= 11 is 14.0. The number of thiophene rings is 1. The third kappa shape index (κ3) is 4.50. The minimum atomic E-state index is 0.405. The van der Waals surface area contributed by atoms with E-state index in [4.69, 9.17) is 23.2 Å². The molecule has 1 heterocycles. The molecule has 1 aromatic heterocycles. The second kappa shape index (κ2) is 7.30. The summed E-state index contributed by atoms with van der Waals surface area (Å²) in [7, 11) is 0. The lowest BCUT2D eigenvalue weighted by Gasteiger charge is -2.18. The molecule has 1 nitrogen and oxygen atoms in total. The molecule has 1 unspecified atom stereocenters. The van der Waals surface area contributed by atoms with E-state index in [0.717, 1.165) is 30.0 Å². The molecule has 2 rings (SSSR count). The van der Waals surface area contributed by atoms with Crippen LogP contribution < -0.4 is 5.32 Å². The predicted octanol–water partition coefficient (Wildman–Crippen LogP) is 4.82. The number of hydrogen-bond donors (Lipinski definition) is 1. The van der Waals surface area contributed by atoms with Crippen LogP contribution in [-0.2, 0) is 12.8 Å². The van der Waals surface area contributed by atoms with Gasteiger partial charge in [-0.1, -0.05) is 42.3 Å². The van der Waals surface area contributed by atoms with E-state index in [1.807, 2.05) is 18.2 Å². The first-order valence-electron chi connectivity index (χ1n) is 6.38. The van der Waals surface area contributed by atoms with Crippen molar-refractivity contribution in [2.45, 2.75) is 25.8 Å². The molecule has 0 aliphatic rings. The van der Waals surface area contributed by atoms with Crippen LogP contribution in [0, 0.1) is 0 Å². The van der Waals surface area contributed by atoms with Crippen molar-refractivity contribution >= 4 is 34.5 Å². The van der Waals surface area contributed by atoms with Gasteiger partial charge in [-0.25, -0.2) is 0 Å². The highest BCUT2D eigenvalue weighted by atomic mass is 35.5. The molecule has 19 heavy (non-hydrogen) atoms. The first-order valence-corrected chi connectivity index (χ1v) is 8.02. The molecular weight excluding hydrogens is 297 g/mol. The third-order valence-electron chi connectivity index (χ3n) is 3.00. The summed E-state index contributed by atoms with van der Waals surface area (Å²) in [6, 6.07) is 10.4. The van der Waals surface area contributed by atoms with Gasteiger partial charge in [0, 0.05) is 21.0 Å². The lowest BCUT2D eigenvalue weighted by molar-refractivity contribution is 0.524. The Labute approximate surface area is 128 Å². The fourth-order valence-electron chi connectivity index (χ4n) is 2.13. The Balaban J connectivity index is 2.07. The molecule has 1 atom stereocenters. The quantitative estimate of drug-likeness (QED) is 0.806. The van der Waals surface area contributed by atoms with Gasteiger partial charge in [0.25, 0.3) is 0 Å². The van der Waals surface area contributed by atoms with Crippen molar-refractivity contribution in [1.82, 2.24) is 5.32 Å². The average Bonchev–Trinajstić information content (AvgIpc) is 2.86. The first-order chi connectivity index (χ1) is 9.19. The Morgan fingerprint density at radius 3 is 2.68 bits per heavy atom. The molecule has 0 fully saturated rings. The van der Waals surface area contributed by atoms with Crippen LogP contribution in [-0.4, -0.2) is 12.6 Å². The van der Waals surface area contributed by atoms with E-state index >= 15 is 0 Å². The van der Waals surface area contributed by atoms with Crippen molar-refractivity contribution in [3.8, 4) is 0 Å². The molecule has 0 radical (unpaired) electrons. The summed E-state index contributed by atoms with van der Waals surface area (Å²) in [6.45, 7) is 3.09. The van der Waals surface area contributed by atoms with E-state index in [0.29, 0.717) is 11.1 Å². The Morgan fingerprint density at radius 2 is 2.05 bits per heavy atom. The molecule has 0 aliphatic heterocycles. The second-order valence-electron chi connectivity index (χ2n) is 4.48. The van der Waals surface area contributed by atoms with E-state index in [1.165, 1.54) is 4.88 Å². The Morgan fingerprint density at radius 1 is 1.21 bits per heavy atom. The van der Waals surface area contributed by atoms with Gasteiger partial charge in [-0.05, 0) is 48.5 Å². The van der Waals surface area contributed by atoms with Crippen molar-refractivity contribution in [1.29, 1.82) is 0 Å². The maximum absolute atomic E-state index is 6.25. The van der Waals surface area contributed by atoms with E-state index in [2.05, 4.69) is 29.8 Å². The van der Waals surface area contributed by atoms with Crippen LogP contribution >= 0.6 is 34.5 Å². The minimum Gasteiger partial charge on any atom is -0.314 e. The second-order valence-corrected chi connectivity index (χ2v) is 6.35. The lowest BCUT2D eigenvalue weighted by atomic mass is 10.0. The molecule has 4 heteroatoms. The fraction of sp³-hybridized carbons (Fsp3) is 0.333. The minimum absolute atomic E-state index is 0.405. The Bertz CT molecular complexity index is 511. The van der Waals surface area contributed by atoms with Gasteiger partial charge in [0.15, 0.2) is 0 Å². The summed E-state index contributed by atoms with van der Waals surface area (Å²) in [6.07, 6.45) is 1.95. The van der Waals surface area contributed by atoms with Crippen LogP contribution in [0.15, 0.2) is 35.7 Å². The number of likely N-dealkylation sites (N-methyl/N-ethyl adjacent to an activating group) is 1. The molecule has 0 spiro atoms. The Hall–Kier alpha value is -0.540. The number of rotatable bonds is 6. The zero-order valence-electron chi connectivity index (χ0n) is 10.8. The lowest BCUT2D eigenvalue weighted by Crippen LogP contribution is -2.32. The van der Waals surface area contributed by atoms with Crippen molar-refractivity contribution < 1.29 is 0 Å². The van der Waals surface area contributed by atoms with Crippen molar-refractivity contribution in [3.05, 3.63) is 56.2 Å². The standard InChI is InChI=1S/C15H17Cl2NS/c1-2-18-13(10-14-4-3-7-19-14)8-11-5-6-12(16)9-15(11)17/h3-7,9,13,18H,2,8,10H2,1H3. The molecule has 0 bridgehead atoms. The summed E-state index contributed by atoms with van der Waals surface area (Å²) in [5.74, 6) is 0. The third-order valence-corrected chi connectivity index (χ3v) is 4.49. The van der Waals surface area contributed by atoms with Crippen molar-refractivity contribution in [3.63, 3.8) is 0 Å². The van der Waals surface area contributed by atoms with Crippen LogP contribution in [0.4, 0.5) is 0 Å². The zero-order valence-corrected chi connectivity index (χ0v) is 13.2. The summed E-state index contributed by atoms with van der Waals surface area (Å²) < 4.78 is 0. The molecule has 1 N–H and O–H groups in total. The maximum atomic E-state index is 6.25. The monoisotopic (exact) mass is 313 g/mol. The van der Waals surface area contributed by atoms with E-state index in [9.17, 15) is 0 Å². The van der Waals surface area contributed by atoms with Gasteiger partial charge in [0.2, 0.25) is 0 Å². The Kier molecular flexibility index (Phi) is 5.71. The SMILES string of the molecule is CCNC(Cc1cccs1)Cc1ccc(Cl)cc1Cl. The van der Waals surface area contributed by atoms with Crippen LogP contribution in [0.25, 0.3) is 0 Å². The average molecular weight is 314 g/mol. The normalized spacial score (nSPS) is 12.6. The van der Waals surface area contributed by atoms with Gasteiger partial charge < -0.3 is 5.32 Å². The number of nitrogens with one attached hydrogen (secondary N) is 1. The smallest absolute Gasteiger partial charge is 0.0453 e. The van der Waals surface area contributed by atoms with Crippen LogP contribution in [0.5, 0.6) is 0 Å². The van der Waals surface area contributed by atoms with Gasteiger partial charge in [-0.3, -0.25) is 0 Å². The number of benzene rings is 1. The van der Waals surface area contributed by atoms with Gasteiger partial charge in [0.1, 0.15) is 0 Å². The molecule has 2 aromatic rings. The van der Waals surface area contributed by atoms with Crippen LogP contribution in [0.1, 0.15) is 17.4 Å². The van der Waals surface area contributed by atoms with E-state index in [1.54, 1.807) is 11.3 Å². The summed E-state index contributed by atoms with van der Waals surface area (Å²) in [5, 5.41) is 7.08. The zero-order chi connectivity index (χ0) is 13.7. The molecular formula is C15H17Cl2NS. The van der Waals surface area contributed by atoms with E-state index < -0.39 is 0 Å². The van der Waals surface area contributed by atoms with Crippen LogP contribution in [0.2, 0.25) is 10.0 Å². The van der Waals surface area contributed by atoms with Gasteiger partial charge >= 0.3 is 0 Å². The van der Waals surface area contributed by atoms with Gasteiger partial charge in [-0.2, -0.15) is 0 Å². The highest BCUT2D eigenvalue weighted by Gasteiger charge is 2.12. The summed E-state index contributed by atoms with van der Waals surface area (Å²) in [5.41, 5.74) is 1.15. The highest BCUT2D eigenvalue weighted by molar-refractivity contribution is 7.09. The van der Waals surface area contributed by atoms with Crippen molar-refractivity contribution in [2.75, 3.05) is 6.54 Å². The molecule has 0 aliphatic carbocycles. The highest BCUT2D eigenvalue weighted by Crippen LogP contribution is 2.23. The molecule has 0 amide bonds. The van der Waals surface area contributed by atoms with Gasteiger partial charge in [-0.15, -0.1) is 11.3 Å². The predicted molar refractivity (Wildman–Crippen MR) is 85.7 cm³/mol. The number of halogens is 2. The maximum Gasteiger partial charge on any atom is 0.0453 e. The first kappa shape index (κ1) is 14.9. The molecule has 1 aromatic carbocycles. The van der Waals surface area contributed by atoms with Crippen LogP contribution in [0.3, 0.4) is 0 Å². The largest absolute Gasteiger partial charge is 0.314 e.